The zero-order valence-electron chi connectivity index (χ0n) is 14.4. The third-order valence-corrected chi connectivity index (χ3v) is 5.96. The van der Waals surface area contributed by atoms with Crippen molar-refractivity contribution in [3.05, 3.63) is 41.0 Å². The maximum atomic E-state index is 10.8. The van der Waals surface area contributed by atoms with Crippen molar-refractivity contribution in [1.82, 2.24) is 19.5 Å². The Labute approximate surface area is 150 Å². The molecule has 4 rings (SSSR count). The molecule has 1 fully saturated rings. The van der Waals surface area contributed by atoms with Crippen molar-refractivity contribution in [3.8, 4) is 11.6 Å². The van der Waals surface area contributed by atoms with Crippen LogP contribution in [-0.4, -0.2) is 44.8 Å². The molecule has 2 atom stereocenters. The highest BCUT2D eigenvalue weighted by Crippen LogP contribution is 2.43. The first-order valence-corrected chi connectivity index (χ1v) is 9.39. The van der Waals surface area contributed by atoms with Crippen molar-refractivity contribution >= 4 is 16.3 Å². The minimum absolute atomic E-state index is 0.0626. The zero-order valence-corrected chi connectivity index (χ0v) is 15.2. The summed E-state index contributed by atoms with van der Waals surface area (Å²) in [6.07, 6.45) is 3.88. The van der Waals surface area contributed by atoms with Gasteiger partial charge in [-0.2, -0.15) is 9.61 Å². The normalized spacial score (nSPS) is 20.0. The highest BCUT2D eigenvalue weighted by atomic mass is 32.1. The molecule has 25 heavy (non-hydrogen) atoms. The Morgan fingerprint density at radius 3 is 2.96 bits per heavy atom. The quantitative estimate of drug-likeness (QED) is 0.775. The zero-order chi connectivity index (χ0) is 17.4. The maximum absolute atomic E-state index is 10.8. The molecular weight excluding hydrogens is 336 g/mol. The van der Waals surface area contributed by atoms with E-state index < -0.39 is 0 Å². The lowest BCUT2D eigenvalue weighted by Crippen LogP contribution is -2.37. The van der Waals surface area contributed by atoms with Gasteiger partial charge in [0, 0.05) is 12.1 Å². The van der Waals surface area contributed by atoms with Crippen LogP contribution in [0.2, 0.25) is 0 Å². The van der Waals surface area contributed by atoms with Gasteiger partial charge in [0.15, 0.2) is 0 Å². The Balaban J connectivity index is 1.86. The van der Waals surface area contributed by atoms with Crippen LogP contribution in [-0.2, 0) is 0 Å². The van der Waals surface area contributed by atoms with Crippen molar-refractivity contribution in [3.63, 3.8) is 0 Å². The summed E-state index contributed by atoms with van der Waals surface area (Å²) in [7, 11) is 1.69. The monoisotopic (exact) mass is 358 g/mol. The molecular formula is C18H22N4O2S. The number of methoxy groups -OCH3 is 1. The summed E-state index contributed by atoms with van der Waals surface area (Å²) in [5, 5.41) is 14.9. The van der Waals surface area contributed by atoms with Crippen molar-refractivity contribution in [2.75, 3.05) is 20.2 Å². The van der Waals surface area contributed by atoms with Gasteiger partial charge < -0.3 is 9.84 Å². The van der Waals surface area contributed by atoms with Crippen LogP contribution in [0.1, 0.15) is 36.2 Å². The van der Waals surface area contributed by atoms with Gasteiger partial charge in [-0.15, -0.1) is 0 Å². The van der Waals surface area contributed by atoms with Gasteiger partial charge in [0.25, 0.3) is 0 Å². The van der Waals surface area contributed by atoms with Crippen molar-refractivity contribution in [2.24, 2.45) is 5.92 Å². The number of hydrogen-bond acceptors (Lipinski definition) is 6. The number of nitrogens with zero attached hydrogens (tertiary/aromatic N) is 4. The smallest absolute Gasteiger partial charge is 0.230 e. The van der Waals surface area contributed by atoms with Gasteiger partial charge >= 0.3 is 0 Å². The first kappa shape index (κ1) is 16.4. The molecule has 1 N–H and O–H groups in total. The molecule has 0 saturated carbocycles. The number of rotatable bonds is 4. The largest absolute Gasteiger partial charge is 0.496 e. The number of fused-ring (bicyclic) bond motifs is 1. The fourth-order valence-electron chi connectivity index (χ4n) is 3.73. The van der Waals surface area contributed by atoms with Gasteiger partial charge in [0.2, 0.25) is 10.8 Å². The SMILES string of the molecule is COc1ccccc1C(c1sc2ncnn2c1O)N1CCCC(C)C1. The van der Waals surface area contributed by atoms with Crippen LogP contribution in [0.4, 0.5) is 0 Å². The minimum atomic E-state index is -0.0626. The summed E-state index contributed by atoms with van der Waals surface area (Å²) in [5.74, 6) is 1.64. The molecule has 3 heterocycles. The van der Waals surface area contributed by atoms with Crippen LogP contribution in [0.3, 0.4) is 0 Å². The van der Waals surface area contributed by atoms with Crippen molar-refractivity contribution in [2.45, 2.75) is 25.8 Å². The van der Waals surface area contributed by atoms with Gasteiger partial charge in [-0.05, 0) is 31.4 Å². The fourth-order valence-corrected chi connectivity index (χ4v) is 4.81. The lowest BCUT2D eigenvalue weighted by molar-refractivity contribution is 0.147. The third kappa shape index (κ3) is 2.87. The second kappa shape index (κ2) is 6.65. The van der Waals surface area contributed by atoms with E-state index in [-0.39, 0.29) is 11.9 Å². The molecule has 1 saturated heterocycles. The molecule has 132 valence electrons. The number of benzene rings is 1. The van der Waals surface area contributed by atoms with E-state index in [0.29, 0.717) is 10.9 Å². The molecule has 0 spiro atoms. The van der Waals surface area contributed by atoms with E-state index in [1.807, 2.05) is 18.2 Å². The summed E-state index contributed by atoms with van der Waals surface area (Å²) < 4.78 is 7.13. The summed E-state index contributed by atoms with van der Waals surface area (Å²) in [4.78, 5) is 8.26. The van der Waals surface area contributed by atoms with Crippen LogP contribution in [0.5, 0.6) is 11.6 Å². The molecule has 1 aromatic carbocycles. The number of likely N-dealkylation sites (tertiary alicyclic amines) is 1. The summed E-state index contributed by atoms with van der Waals surface area (Å²) in [6.45, 7) is 4.28. The molecule has 2 unspecified atom stereocenters. The molecule has 7 heteroatoms. The molecule has 1 aliphatic heterocycles. The fraction of sp³-hybridized carbons (Fsp3) is 0.444. The minimum Gasteiger partial charge on any atom is -0.496 e. The first-order valence-electron chi connectivity index (χ1n) is 8.57. The van der Waals surface area contributed by atoms with Gasteiger partial charge in [0.1, 0.15) is 12.1 Å². The Morgan fingerprint density at radius 2 is 2.20 bits per heavy atom. The predicted octanol–water partition coefficient (Wildman–Crippen LogP) is 3.33. The van der Waals surface area contributed by atoms with Crippen molar-refractivity contribution in [1.29, 1.82) is 0 Å². The molecule has 0 radical (unpaired) electrons. The van der Waals surface area contributed by atoms with Gasteiger partial charge in [-0.1, -0.05) is 36.5 Å². The molecule has 3 aromatic rings. The maximum Gasteiger partial charge on any atom is 0.230 e. The van der Waals surface area contributed by atoms with Crippen molar-refractivity contribution < 1.29 is 9.84 Å². The van der Waals surface area contributed by atoms with Gasteiger partial charge in [-0.25, -0.2) is 4.98 Å². The number of aromatic nitrogens is 3. The van der Waals surface area contributed by atoms with Gasteiger partial charge in [0.05, 0.1) is 18.0 Å². The predicted molar refractivity (Wildman–Crippen MR) is 97.3 cm³/mol. The van der Waals surface area contributed by atoms with E-state index in [0.717, 1.165) is 35.7 Å². The first-order chi connectivity index (χ1) is 12.2. The standard InChI is InChI=1S/C18H22N4O2S/c1-12-6-5-9-21(10-12)15(13-7-3-4-8-14(13)24-2)16-17(23)22-18(25-16)19-11-20-22/h3-4,7-8,11-12,15,23H,5-6,9-10H2,1-2H3. The average Bonchev–Trinajstić information content (AvgIpc) is 3.20. The Morgan fingerprint density at radius 1 is 1.36 bits per heavy atom. The summed E-state index contributed by atoms with van der Waals surface area (Å²) >= 11 is 1.49. The van der Waals surface area contributed by atoms with Crippen LogP contribution < -0.4 is 4.74 Å². The molecule has 0 aliphatic carbocycles. The third-order valence-electron chi connectivity index (χ3n) is 4.87. The average molecular weight is 358 g/mol. The molecule has 0 bridgehead atoms. The second-order valence-electron chi connectivity index (χ2n) is 6.63. The van der Waals surface area contributed by atoms with Crippen LogP contribution in [0.15, 0.2) is 30.6 Å². The number of thiazole rings is 1. The summed E-state index contributed by atoms with van der Waals surface area (Å²) in [6, 6.07) is 7.99. The number of para-hydroxylation sites is 1. The van der Waals surface area contributed by atoms with Crippen LogP contribution in [0.25, 0.3) is 4.96 Å². The van der Waals surface area contributed by atoms with E-state index in [1.165, 1.54) is 28.6 Å². The van der Waals surface area contributed by atoms with E-state index >= 15 is 0 Å². The van der Waals surface area contributed by atoms with Crippen LogP contribution >= 0.6 is 11.3 Å². The number of ether oxygens (including phenoxy) is 1. The lowest BCUT2D eigenvalue weighted by Gasteiger charge is -2.37. The van der Waals surface area contributed by atoms with E-state index in [2.05, 4.69) is 28.0 Å². The Kier molecular flexibility index (Phi) is 4.35. The number of piperidine rings is 1. The Bertz CT molecular complexity index is 875. The number of hydrogen-bond donors (Lipinski definition) is 1. The molecule has 0 amide bonds. The lowest BCUT2D eigenvalue weighted by atomic mass is 9.95. The highest BCUT2D eigenvalue weighted by molar-refractivity contribution is 7.17. The topological polar surface area (TPSA) is 62.9 Å². The number of aromatic hydroxyl groups is 1. The van der Waals surface area contributed by atoms with E-state index in [1.54, 1.807) is 7.11 Å². The molecule has 6 nitrogen and oxygen atoms in total. The Hall–Kier alpha value is -2.12. The van der Waals surface area contributed by atoms with Gasteiger partial charge in [-0.3, -0.25) is 4.90 Å². The summed E-state index contributed by atoms with van der Waals surface area (Å²) in [5.41, 5.74) is 1.07. The van der Waals surface area contributed by atoms with E-state index in [9.17, 15) is 5.11 Å². The van der Waals surface area contributed by atoms with E-state index in [4.69, 9.17) is 4.74 Å². The highest BCUT2D eigenvalue weighted by Gasteiger charge is 2.33. The molecule has 1 aliphatic rings. The van der Waals surface area contributed by atoms with Crippen LogP contribution in [0, 0.1) is 5.92 Å². The molecule has 2 aromatic heterocycles. The second-order valence-corrected chi connectivity index (χ2v) is 7.64.